The molecule has 0 unspecified atom stereocenters. The van der Waals surface area contributed by atoms with Crippen LogP contribution in [0.25, 0.3) is 0 Å². The Bertz CT molecular complexity index is 642. The second kappa shape index (κ2) is 7.40. The summed E-state index contributed by atoms with van der Waals surface area (Å²) in [5, 5.41) is 0. The van der Waals surface area contributed by atoms with Crippen molar-refractivity contribution >= 4 is 21.6 Å². The molecule has 0 radical (unpaired) electrons. The Morgan fingerprint density at radius 2 is 1.52 bits per heavy atom. The zero-order chi connectivity index (χ0) is 17.9. The first-order chi connectivity index (χ1) is 10.5. The van der Waals surface area contributed by atoms with Crippen molar-refractivity contribution in [3.8, 4) is 0 Å². The number of carbonyl (C=O) groups excluding carboxylic acids is 1. The lowest BCUT2D eigenvalue weighted by Crippen LogP contribution is -2.36. The van der Waals surface area contributed by atoms with Gasteiger partial charge in [0.1, 0.15) is 0 Å². The second-order valence-corrected chi connectivity index (χ2v) is 8.15. The molecule has 0 saturated carbocycles. The molecule has 1 rings (SSSR count). The molecule has 0 heterocycles. The van der Waals surface area contributed by atoms with Crippen LogP contribution in [-0.2, 0) is 14.8 Å². The summed E-state index contributed by atoms with van der Waals surface area (Å²) in [5.41, 5.74) is 0.449. The number of halogens is 1. The largest absolute Gasteiger partial charge is 0.313 e. The molecular formula is C16H25FN2O3S. The number of sulfonamides is 1. The monoisotopic (exact) mass is 344 g/mol. The van der Waals surface area contributed by atoms with E-state index in [0.29, 0.717) is 5.69 Å². The highest BCUT2D eigenvalue weighted by Gasteiger charge is 2.26. The van der Waals surface area contributed by atoms with Gasteiger partial charge in [-0.1, -0.05) is 13.8 Å². The van der Waals surface area contributed by atoms with E-state index < -0.39 is 28.0 Å². The molecule has 1 atom stereocenters. The maximum atomic E-state index is 13.8. The summed E-state index contributed by atoms with van der Waals surface area (Å²) in [7, 11) is -0.588. The maximum Gasteiger partial charge on any atom is 0.261 e. The average Bonchev–Trinajstić information content (AvgIpc) is 2.51. The molecule has 1 aromatic rings. The number of carbonyl (C=O) groups is 1. The molecular weight excluding hydrogens is 319 g/mol. The Balaban J connectivity index is 3.03. The van der Waals surface area contributed by atoms with Crippen molar-refractivity contribution < 1.29 is 17.6 Å². The van der Waals surface area contributed by atoms with E-state index >= 15 is 0 Å². The highest BCUT2D eigenvalue weighted by atomic mass is 32.2. The number of anilines is 1. The van der Waals surface area contributed by atoms with Gasteiger partial charge in [-0.3, -0.25) is 4.79 Å². The number of hydrogen-bond acceptors (Lipinski definition) is 3. The quantitative estimate of drug-likeness (QED) is 0.797. The van der Waals surface area contributed by atoms with Gasteiger partial charge in [-0.15, -0.1) is 0 Å². The van der Waals surface area contributed by atoms with Crippen LogP contribution in [0.15, 0.2) is 29.2 Å². The van der Waals surface area contributed by atoms with Crippen molar-refractivity contribution in [2.24, 2.45) is 5.92 Å². The fourth-order valence-corrected chi connectivity index (χ4v) is 3.25. The lowest BCUT2D eigenvalue weighted by Gasteiger charge is -2.23. The van der Waals surface area contributed by atoms with Gasteiger partial charge in [-0.05, 0) is 44.0 Å². The molecule has 0 aliphatic heterocycles. The topological polar surface area (TPSA) is 57.7 Å². The van der Waals surface area contributed by atoms with Gasteiger partial charge in [0.25, 0.3) is 5.91 Å². The van der Waals surface area contributed by atoms with E-state index in [9.17, 15) is 17.6 Å². The molecule has 0 saturated heterocycles. The highest BCUT2D eigenvalue weighted by molar-refractivity contribution is 7.89. The first-order valence-electron chi connectivity index (χ1n) is 7.49. The molecule has 1 amide bonds. The van der Waals surface area contributed by atoms with Crippen LogP contribution >= 0.6 is 0 Å². The summed E-state index contributed by atoms with van der Waals surface area (Å²) < 4.78 is 39.8. The maximum absolute atomic E-state index is 13.8. The minimum atomic E-state index is -3.57. The summed E-state index contributed by atoms with van der Waals surface area (Å²) in [6, 6.07) is 5.70. The highest BCUT2D eigenvalue weighted by Crippen LogP contribution is 2.22. The third-order valence-electron chi connectivity index (χ3n) is 3.78. The van der Waals surface area contributed by atoms with Gasteiger partial charge < -0.3 is 4.90 Å². The number of benzene rings is 1. The van der Waals surface area contributed by atoms with Gasteiger partial charge >= 0.3 is 0 Å². The number of rotatable bonds is 6. The minimum absolute atomic E-state index is 0.138. The molecule has 0 aliphatic rings. The fraction of sp³-hybridized carbons (Fsp3) is 0.562. The van der Waals surface area contributed by atoms with E-state index in [2.05, 4.69) is 0 Å². The Kier molecular flexibility index (Phi) is 6.30. The van der Waals surface area contributed by atoms with Crippen molar-refractivity contribution in [2.75, 3.05) is 19.0 Å². The molecule has 1 aromatic carbocycles. The summed E-state index contributed by atoms with van der Waals surface area (Å²) in [6.07, 6.45) is -1.59. The Labute approximate surface area is 138 Å². The van der Waals surface area contributed by atoms with Gasteiger partial charge in [0, 0.05) is 25.8 Å². The van der Waals surface area contributed by atoms with Crippen LogP contribution in [-0.4, -0.2) is 44.9 Å². The van der Waals surface area contributed by atoms with Crippen LogP contribution < -0.4 is 4.90 Å². The van der Waals surface area contributed by atoms with E-state index in [1.54, 1.807) is 27.7 Å². The Hall–Kier alpha value is -1.47. The van der Waals surface area contributed by atoms with Crippen LogP contribution in [0, 0.1) is 5.92 Å². The Morgan fingerprint density at radius 1 is 1.04 bits per heavy atom. The lowest BCUT2D eigenvalue weighted by atomic mass is 10.1. The van der Waals surface area contributed by atoms with Crippen LogP contribution in [0.1, 0.15) is 27.7 Å². The minimum Gasteiger partial charge on any atom is -0.313 e. The van der Waals surface area contributed by atoms with Crippen molar-refractivity contribution in [3.63, 3.8) is 0 Å². The predicted octanol–water partition coefficient (Wildman–Crippen LogP) is 2.67. The number of hydrogen-bond donors (Lipinski definition) is 0. The van der Waals surface area contributed by atoms with E-state index in [4.69, 9.17) is 0 Å². The summed E-state index contributed by atoms with van der Waals surface area (Å²) in [6.45, 7) is 6.83. The molecule has 130 valence electrons. The molecule has 0 fully saturated rings. The first-order valence-corrected chi connectivity index (χ1v) is 8.94. The molecule has 23 heavy (non-hydrogen) atoms. The van der Waals surface area contributed by atoms with E-state index in [0.717, 1.165) is 0 Å². The van der Waals surface area contributed by atoms with Crippen molar-refractivity contribution in [1.82, 2.24) is 4.31 Å². The summed E-state index contributed by atoms with van der Waals surface area (Å²) in [5.74, 6) is -1.06. The van der Waals surface area contributed by atoms with Crippen LogP contribution in [0.4, 0.5) is 10.1 Å². The first kappa shape index (κ1) is 19.6. The summed E-state index contributed by atoms with van der Waals surface area (Å²) >= 11 is 0. The number of amides is 1. The van der Waals surface area contributed by atoms with Crippen LogP contribution in [0.3, 0.4) is 0 Å². The van der Waals surface area contributed by atoms with Gasteiger partial charge in [-0.25, -0.2) is 12.8 Å². The average molecular weight is 344 g/mol. The van der Waals surface area contributed by atoms with Gasteiger partial charge in [-0.2, -0.15) is 4.31 Å². The summed E-state index contributed by atoms with van der Waals surface area (Å²) in [4.78, 5) is 13.3. The standard InChI is InChI=1S/C16H25FN2O3S/c1-11(2)15(17)16(20)18(5)13-7-9-14(10-8-13)23(21,22)19(6)12(3)4/h7-12,15H,1-6H3/t15-/m1/s1. The van der Waals surface area contributed by atoms with Crippen LogP contribution in [0.5, 0.6) is 0 Å². The SMILES string of the molecule is CC(C)[C@@H](F)C(=O)N(C)c1ccc(S(=O)(=O)N(C)C(C)C)cc1. The fourth-order valence-electron chi connectivity index (χ4n) is 1.88. The molecule has 0 aliphatic carbocycles. The lowest BCUT2D eigenvalue weighted by molar-refractivity contribution is -0.124. The van der Waals surface area contributed by atoms with E-state index in [1.165, 1.54) is 47.6 Å². The smallest absolute Gasteiger partial charge is 0.261 e. The van der Waals surface area contributed by atoms with Crippen LogP contribution in [0.2, 0.25) is 0 Å². The zero-order valence-electron chi connectivity index (χ0n) is 14.4. The predicted molar refractivity (Wildman–Crippen MR) is 89.7 cm³/mol. The molecule has 0 aromatic heterocycles. The Morgan fingerprint density at radius 3 is 1.91 bits per heavy atom. The van der Waals surface area contributed by atoms with Crippen molar-refractivity contribution in [2.45, 2.75) is 44.8 Å². The second-order valence-electron chi connectivity index (χ2n) is 6.15. The van der Waals surface area contributed by atoms with E-state index in [1.807, 2.05) is 0 Å². The third kappa shape index (κ3) is 4.29. The van der Waals surface area contributed by atoms with E-state index in [-0.39, 0.29) is 10.9 Å². The number of nitrogens with zero attached hydrogens (tertiary/aromatic N) is 2. The molecule has 0 N–H and O–H groups in total. The van der Waals surface area contributed by atoms with Gasteiger partial charge in [0.05, 0.1) is 4.90 Å². The van der Waals surface area contributed by atoms with Crippen molar-refractivity contribution in [3.05, 3.63) is 24.3 Å². The normalized spacial score (nSPS) is 13.7. The molecule has 0 spiro atoms. The molecule has 0 bridgehead atoms. The number of alkyl halides is 1. The van der Waals surface area contributed by atoms with Gasteiger partial charge in [0.2, 0.25) is 10.0 Å². The third-order valence-corrected chi connectivity index (χ3v) is 5.83. The zero-order valence-corrected chi connectivity index (χ0v) is 15.3. The van der Waals surface area contributed by atoms with Crippen molar-refractivity contribution in [1.29, 1.82) is 0 Å². The molecule has 7 heteroatoms. The van der Waals surface area contributed by atoms with Gasteiger partial charge in [0.15, 0.2) is 6.17 Å². The molecule has 5 nitrogen and oxygen atoms in total.